The second kappa shape index (κ2) is 9.97. The first-order valence-corrected chi connectivity index (χ1v) is 10.5. The first-order valence-electron chi connectivity index (χ1n) is 9.68. The van der Waals surface area contributed by atoms with Crippen LogP contribution in [0.25, 0.3) is 21.0 Å². The average Bonchev–Trinajstić information content (AvgIpc) is 3.12. The van der Waals surface area contributed by atoms with Crippen molar-refractivity contribution in [2.45, 2.75) is 45.2 Å². The number of para-hydroxylation sites is 1. The first kappa shape index (κ1) is 20.7. The molecule has 0 unspecified atom stereocenters. The summed E-state index contributed by atoms with van der Waals surface area (Å²) < 4.78 is 1.30. The number of pyridine rings is 1. The van der Waals surface area contributed by atoms with Gasteiger partial charge in [0.25, 0.3) is 0 Å². The van der Waals surface area contributed by atoms with E-state index in [9.17, 15) is 0 Å². The number of unbranched alkanes of at least 4 members (excludes halogenated alkanes) is 1. The maximum atomic E-state index is 4.73. The van der Waals surface area contributed by atoms with E-state index in [4.69, 9.17) is 4.98 Å². The lowest BCUT2D eigenvalue weighted by Crippen LogP contribution is -2.25. The molecule has 0 amide bonds. The highest BCUT2D eigenvalue weighted by molar-refractivity contribution is 7.18. The molecule has 2 aromatic carbocycles. The second-order valence-electron chi connectivity index (χ2n) is 7.16. The van der Waals surface area contributed by atoms with Crippen LogP contribution in [-0.4, -0.2) is 16.0 Å². The molecule has 0 saturated heterocycles. The highest BCUT2D eigenvalue weighted by atomic mass is 35.5. The lowest BCUT2D eigenvalue weighted by atomic mass is 10.1. The molecule has 0 bridgehead atoms. The van der Waals surface area contributed by atoms with Crippen LogP contribution in [0.15, 0.2) is 60.9 Å². The fourth-order valence-electron chi connectivity index (χ4n) is 3.39. The van der Waals surface area contributed by atoms with Crippen molar-refractivity contribution < 1.29 is 0 Å². The molecule has 0 fully saturated rings. The fraction of sp³-hybridized carbons (Fsp3) is 0.304. The van der Waals surface area contributed by atoms with E-state index in [2.05, 4.69) is 65.8 Å². The number of thiazole rings is 1. The molecule has 5 heteroatoms. The minimum atomic E-state index is 0. The summed E-state index contributed by atoms with van der Waals surface area (Å²) in [5, 5.41) is 7.38. The molecule has 1 N–H and O–H groups in total. The third kappa shape index (κ3) is 5.28. The minimum Gasteiger partial charge on any atom is -0.310 e. The molecular formula is C23H26ClN3S. The van der Waals surface area contributed by atoms with E-state index in [1.165, 1.54) is 45.3 Å². The molecule has 0 saturated carbocycles. The van der Waals surface area contributed by atoms with E-state index in [1.807, 2.05) is 23.7 Å². The van der Waals surface area contributed by atoms with Gasteiger partial charge >= 0.3 is 0 Å². The molecule has 0 aliphatic heterocycles. The van der Waals surface area contributed by atoms with Gasteiger partial charge in [-0.05, 0) is 61.4 Å². The molecule has 0 aliphatic carbocycles. The number of fused-ring (bicyclic) bond motifs is 2. The predicted octanol–water partition coefficient (Wildman–Crippen LogP) is 6.16. The fourth-order valence-corrected chi connectivity index (χ4v) is 4.40. The molecule has 0 spiro atoms. The number of nitrogens with zero attached hydrogens (tertiary/aromatic N) is 2. The summed E-state index contributed by atoms with van der Waals surface area (Å²) in [4.78, 5) is 8.90. The Morgan fingerprint density at radius 1 is 1.04 bits per heavy atom. The number of rotatable bonds is 8. The van der Waals surface area contributed by atoms with Crippen LogP contribution >= 0.6 is 23.7 Å². The van der Waals surface area contributed by atoms with Crippen LogP contribution in [0.2, 0.25) is 0 Å². The summed E-state index contributed by atoms with van der Waals surface area (Å²) >= 11 is 1.83. The largest absolute Gasteiger partial charge is 0.310 e. The molecule has 1 atom stereocenters. The van der Waals surface area contributed by atoms with Gasteiger partial charge in [-0.25, -0.2) is 4.98 Å². The molecular weight excluding hydrogens is 386 g/mol. The van der Waals surface area contributed by atoms with Crippen molar-refractivity contribution in [2.75, 3.05) is 0 Å². The highest BCUT2D eigenvalue weighted by Crippen LogP contribution is 2.23. The zero-order valence-electron chi connectivity index (χ0n) is 16.1. The molecule has 0 aliphatic rings. The maximum Gasteiger partial charge on any atom is 0.0938 e. The van der Waals surface area contributed by atoms with Crippen molar-refractivity contribution in [2.24, 2.45) is 0 Å². The average molecular weight is 412 g/mol. The summed E-state index contributed by atoms with van der Waals surface area (Å²) in [5.74, 6) is 0. The monoisotopic (exact) mass is 411 g/mol. The Labute approximate surface area is 176 Å². The van der Waals surface area contributed by atoms with Gasteiger partial charge < -0.3 is 5.32 Å². The second-order valence-corrected chi connectivity index (χ2v) is 8.28. The SMILES string of the molecule is C[C@H](CCCCc1nc2ccccc2s1)NCc1ccc2cnccc2c1.Cl. The molecule has 3 nitrogen and oxygen atoms in total. The van der Waals surface area contributed by atoms with Gasteiger partial charge in [0.1, 0.15) is 0 Å². The minimum absolute atomic E-state index is 0. The maximum absolute atomic E-state index is 4.73. The van der Waals surface area contributed by atoms with Crippen LogP contribution in [0, 0.1) is 0 Å². The normalized spacial score (nSPS) is 12.2. The van der Waals surface area contributed by atoms with Gasteiger partial charge in [0, 0.05) is 30.4 Å². The number of aromatic nitrogens is 2. The van der Waals surface area contributed by atoms with Crippen LogP contribution in [0.5, 0.6) is 0 Å². The van der Waals surface area contributed by atoms with Gasteiger partial charge in [0.15, 0.2) is 0 Å². The van der Waals surface area contributed by atoms with E-state index < -0.39 is 0 Å². The Hall–Kier alpha value is -2.01. The van der Waals surface area contributed by atoms with Gasteiger partial charge in [-0.1, -0.05) is 30.7 Å². The van der Waals surface area contributed by atoms with E-state index in [1.54, 1.807) is 0 Å². The zero-order chi connectivity index (χ0) is 18.5. The third-order valence-electron chi connectivity index (χ3n) is 4.98. The van der Waals surface area contributed by atoms with Crippen molar-refractivity contribution in [3.63, 3.8) is 0 Å². The van der Waals surface area contributed by atoms with Crippen molar-refractivity contribution in [3.05, 3.63) is 71.5 Å². The number of hydrogen-bond donors (Lipinski definition) is 1. The van der Waals surface area contributed by atoms with E-state index in [-0.39, 0.29) is 12.4 Å². The summed E-state index contributed by atoms with van der Waals surface area (Å²) in [6, 6.07) is 17.6. The lowest BCUT2D eigenvalue weighted by molar-refractivity contribution is 0.489. The van der Waals surface area contributed by atoms with Crippen LogP contribution in [0.3, 0.4) is 0 Å². The first-order chi connectivity index (χ1) is 13.3. The summed E-state index contributed by atoms with van der Waals surface area (Å²) in [5.41, 5.74) is 2.47. The molecule has 2 heterocycles. The van der Waals surface area contributed by atoms with E-state index in [0.717, 1.165) is 18.5 Å². The Bertz CT molecular complexity index is 997. The topological polar surface area (TPSA) is 37.8 Å². The summed E-state index contributed by atoms with van der Waals surface area (Å²) in [6.07, 6.45) is 8.49. The molecule has 4 aromatic rings. The van der Waals surface area contributed by atoms with E-state index >= 15 is 0 Å². The molecule has 28 heavy (non-hydrogen) atoms. The molecule has 0 radical (unpaired) electrons. The number of nitrogens with one attached hydrogen (secondary N) is 1. The highest BCUT2D eigenvalue weighted by Gasteiger charge is 2.05. The van der Waals surface area contributed by atoms with Crippen molar-refractivity contribution in [3.8, 4) is 0 Å². The predicted molar refractivity (Wildman–Crippen MR) is 122 cm³/mol. The standard InChI is InChI=1S/C23H25N3S.ClH/c1-17(25-15-18-10-11-20-16-24-13-12-19(20)14-18)6-2-5-9-23-26-21-7-3-4-8-22(21)27-23;/h3-4,7-8,10-14,16-17,25H,2,5-6,9,15H2,1H3;1H/t17-;/m1./s1. The summed E-state index contributed by atoms with van der Waals surface area (Å²) in [6.45, 7) is 3.19. The Morgan fingerprint density at radius 2 is 1.93 bits per heavy atom. The molecule has 146 valence electrons. The smallest absolute Gasteiger partial charge is 0.0938 e. The van der Waals surface area contributed by atoms with Gasteiger partial charge in [-0.3, -0.25) is 4.98 Å². The van der Waals surface area contributed by atoms with Crippen LogP contribution in [0.4, 0.5) is 0 Å². The van der Waals surface area contributed by atoms with E-state index in [0.29, 0.717) is 6.04 Å². The van der Waals surface area contributed by atoms with Crippen molar-refractivity contribution in [1.82, 2.24) is 15.3 Å². The zero-order valence-corrected chi connectivity index (χ0v) is 17.7. The Morgan fingerprint density at radius 3 is 2.82 bits per heavy atom. The summed E-state index contributed by atoms with van der Waals surface area (Å²) in [7, 11) is 0. The van der Waals surface area contributed by atoms with Gasteiger partial charge in [0.2, 0.25) is 0 Å². The molecule has 2 aromatic heterocycles. The quantitative estimate of drug-likeness (QED) is 0.353. The van der Waals surface area contributed by atoms with Gasteiger partial charge in [-0.2, -0.15) is 0 Å². The number of aryl methyl sites for hydroxylation is 1. The number of hydrogen-bond acceptors (Lipinski definition) is 4. The third-order valence-corrected chi connectivity index (χ3v) is 6.07. The number of halogens is 1. The molecule has 4 rings (SSSR count). The van der Waals surface area contributed by atoms with Gasteiger partial charge in [-0.15, -0.1) is 23.7 Å². The van der Waals surface area contributed by atoms with Crippen LogP contribution in [-0.2, 0) is 13.0 Å². The van der Waals surface area contributed by atoms with Crippen LogP contribution < -0.4 is 5.32 Å². The Kier molecular flexibility index (Phi) is 7.37. The van der Waals surface area contributed by atoms with Gasteiger partial charge in [0.05, 0.1) is 15.2 Å². The van der Waals surface area contributed by atoms with Crippen molar-refractivity contribution >= 4 is 44.7 Å². The Balaban J connectivity index is 0.00000225. The van der Waals surface area contributed by atoms with Crippen molar-refractivity contribution in [1.29, 1.82) is 0 Å². The lowest BCUT2D eigenvalue weighted by Gasteiger charge is -2.14. The number of benzene rings is 2. The van der Waals surface area contributed by atoms with Crippen LogP contribution in [0.1, 0.15) is 36.8 Å².